The van der Waals surface area contributed by atoms with Gasteiger partial charge in [0.1, 0.15) is 5.82 Å². The molecule has 0 fully saturated rings. The molecule has 1 rings (SSSR count). The van der Waals surface area contributed by atoms with Gasteiger partial charge < -0.3 is 10.1 Å². The first kappa shape index (κ1) is 13.2. The molecule has 3 nitrogen and oxygen atoms in total. The number of hydrogen-bond acceptors (Lipinski definition) is 3. The molecular formula is C13H15FN2O. The maximum absolute atomic E-state index is 13.1. The van der Waals surface area contributed by atoms with Crippen LogP contribution in [0.15, 0.2) is 30.4 Å². The number of anilines is 1. The molecule has 0 aromatic heterocycles. The van der Waals surface area contributed by atoms with Crippen LogP contribution in [0, 0.1) is 17.1 Å². The Morgan fingerprint density at radius 3 is 2.94 bits per heavy atom. The van der Waals surface area contributed by atoms with Crippen molar-refractivity contribution < 1.29 is 9.13 Å². The molecule has 1 aromatic rings. The first-order valence-corrected chi connectivity index (χ1v) is 5.28. The van der Waals surface area contributed by atoms with Crippen LogP contribution < -0.4 is 5.32 Å². The third kappa shape index (κ3) is 5.14. The molecule has 4 heteroatoms. The summed E-state index contributed by atoms with van der Waals surface area (Å²) in [5.74, 6) is -0.422. The van der Waals surface area contributed by atoms with E-state index in [-0.39, 0.29) is 0 Å². The van der Waals surface area contributed by atoms with Gasteiger partial charge in [0, 0.05) is 12.2 Å². The lowest BCUT2D eigenvalue weighted by molar-refractivity contribution is 0.167. The minimum Gasteiger partial charge on any atom is -0.383 e. The predicted molar refractivity (Wildman–Crippen MR) is 65.2 cm³/mol. The van der Waals surface area contributed by atoms with Gasteiger partial charge in [0.05, 0.1) is 24.8 Å². The zero-order valence-corrected chi connectivity index (χ0v) is 9.79. The van der Waals surface area contributed by atoms with Gasteiger partial charge in [0.15, 0.2) is 0 Å². The topological polar surface area (TPSA) is 45.0 Å². The Bertz CT molecular complexity index is 438. The van der Waals surface area contributed by atoms with Crippen LogP contribution in [0.1, 0.15) is 12.5 Å². The normalized spacial score (nSPS) is 9.71. The van der Waals surface area contributed by atoms with Crippen molar-refractivity contribution in [1.29, 1.82) is 5.26 Å². The SMILES string of the molecule is C=C(C)COCCNc1cc(F)cc(C#N)c1. The van der Waals surface area contributed by atoms with Crippen LogP contribution in [-0.4, -0.2) is 19.8 Å². The van der Waals surface area contributed by atoms with Crippen molar-refractivity contribution in [1.82, 2.24) is 0 Å². The number of nitriles is 1. The van der Waals surface area contributed by atoms with Crippen molar-refractivity contribution >= 4 is 5.69 Å². The largest absolute Gasteiger partial charge is 0.383 e. The molecule has 0 spiro atoms. The highest BCUT2D eigenvalue weighted by Crippen LogP contribution is 2.12. The summed E-state index contributed by atoms with van der Waals surface area (Å²) in [5, 5.41) is 11.7. The standard InChI is InChI=1S/C13H15FN2O/c1-10(2)9-17-4-3-16-13-6-11(8-15)5-12(14)7-13/h5-7,16H,1,3-4,9H2,2H3. The summed E-state index contributed by atoms with van der Waals surface area (Å²) < 4.78 is 18.3. The lowest BCUT2D eigenvalue weighted by Gasteiger charge is -2.07. The van der Waals surface area contributed by atoms with E-state index in [0.29, 0.717) is 31.0 Å². The fourth-order valence-corrected chi connectivity index (χ4v) is 1.27. The molecule has 0 saturated heterocycles. The molecule has 0 amide bonds. The predicted octanol–water partition coefficient (Wildman–Crippen LogP) is 2.70. The van der Waals surface area contributed by atoms with Gasteiger partial charge in [-0.25, -0.2) is 4.39 Å². The van der Waals surface area contributed by atoms with Gasteiger partial charge in [-0.15, -0.1) is 0 Å². The summed E-state index contributed by atoms with van der Waals surface area (Å²) in [6, 6.07) is 6.04. The fraction of sp³-hybridized carbons (Fsp3) is 0.308. The zero-order valence-electron chi connectivity index (χ0n) is 9.79. The summed E-state index contributed by atoms with van der Waals surface area (Å²) in [6.07, 6.45) is 0. The van der Waals surface area contributed by atoms with E-state index in [1.165, 1.54) is 12.1 Å². The minimum atomic E-state index is -0.422. The highest BCUT2D eigenvalue weighted by atomic mass is 19.1. The summed E-state index contributed by atoms with van der Waals surface area (Å²) in [6.45, 7) is 7.19. The van der Waals surface area contributed by atoms with Crippen molar-refractivity contribution in [3.8, 4) is 6.07 Å². The van der Waals surface area contributed by atoms with Crippen LogP contribution in [0.4, 0.5) is 10.1 Å². The number of rotatable bonds is 6. The summed E-state index contributed by atoms with van der Waals surface area (Å²) in [4.78, 5) is 0. The molecule has 0 saturated carbocycles. The van der Waals surface area contributed by atoms with Gasteiger partial charge in [0.25, 0.3) is 0 Å². The molecule has 0 unspecified atom stereocenters. The first-order chi connectivity index (χ1) is 8.11. The van der Waals surface area contributed by atoms with E-state index in [0.717, 1.165) is 5.57 Å². The molecule has 17 heavy (non-hydrogen) atoms. The van der Waals surface area contributed by atoms with Crippen LogP contribution in [-0.2, 0) is 4.74 Å². The number of hydrogen-bond donors (Lipinski definition) is 1. The van der Waals surface area contributed by atoms with Crippen molar-refractivity contribution in [3.63, 3.8) is 0 Å². The van der Waals surface area contributed by atoms with Gasteiger partial charge in [-0.3, -0.25) is 0 Å². The van der Waals surface area contributed by atoms with Crippen LogP contribution in [0.25, 0.3) is 0 Å². The maximum Gasteiger partial charge on any atom is 0.126 e. The van der Waals surface area contributed by atoms with Crippen LogP contribution in [0.5, 0.6) is 0 Å². The maximum atomic E-state index is 13.1. The van der Waals surface area contributed by atoms with Crippen molar-refractivity contribution in [3.05, 3.63) is 41.7 Å². The summed E-state index contributed by atoms with van der Waals surface area (Å²) >= 11 is 0. The van der Waals surface area contributed by atoms with Gasteiger partial charge in [0.2, 0.25) is 0 Å². The Kier molecular flexibility index (Phi) is 5.18. The minimum absolute atomic E-state index is 0.301. The lowest BCUT2D eigenvalue weighted by atomic mass is 10.2. The fourth-order valence-electron chi connectivity index (χ4n) is 1.27. The average molecular weight is 234 g/mol. The smallest absolute Gasteiger partial charge is 0.126 e. The Labute approximate surface area is 101 Å². The Balaban J connectivity index is 2.39. The number of benzene rings is 1. The van der Waals surface area contributed by atoms with Gasteiger partial charge in [-0.2, -0.15) is 5.26 Å². The van der Waals surface area contributed by atoms with Crippen molar-refractivity contribution in [2.75, 3.05) is 25.1 Å². The van der Waals surface area contributed by atoms with Gasteiger partial charge in [-0.1, -0.05) is 12.2 Å². The number of nitrogens with zero attached hydrogens (tertiary/aromatic N) is 1. The molecule has 0 aliphatic heterocycles. The van der Waals surface area contributed by atoms with E-state index < -0.39 is 5.82 Å². The number of nitrogens with one attached hydrogen (secondary N) is 1. The monoisotopic (exact) mass is 234 g/mol. The number of halogens is 1. The van der Waals surface area contributed by atoms with E-state index in [1.807, 2.05) is 13.0 Å². The van der Waals surface area contributed by atoms with Gasteiger partial charge in [-0.05, 0) is 25.1 Å². The molecule has 0 atom stereocenters. The second kappa shape index (κ2) is 6.66. The lowest BCUT2D eigenvalue weighted by Crippen LogP contribution is -2.10. The quantitative estimate of drug-likeness (QED) is 0.608. The molecule has 0 bridgehead atoms. The number of ether oxygens (including phenoxy) is 1. The van der Waals surface area contributed by atoms with E-state index >= 15 is 0 Å². The second-order valence-electron chi connectivity index (χ2n) is 3.78. The summed E-state index contributed by atoms with van der Waals surface area (Å²) in [7, 11) is 0. The third-order valence-corrected chi connectivity index (χ3v) is 1.95. The van der Waals surface area contributed by atoms with Gasteiger partial charge >= 0.3 is 0 Å². The Morgan fingerprint density at radius 1 is 1.53 bits per heavy atom. The summed E-state index contributed by atoms with van der Waals surface area (Å²) in [5.41, 5.74) is 1.85. The highest BCUT2D eigenvalue weighted by Gasteiger charge is 1.99. The highest BCUT2D eigenvalue weighted by molar-refractivity contribution is 5.49. The van der Waals surface area contributed by atoms with Crippen LogP contribution in [0.3, 0.4) is 0 Å². The van der Waals surface area contributed by atoms with E-state index in [2.05, 4.69) is 11.9 Å². The van der Waals surface area contributed by atoms with Crippen molar-refractivity contribution in [2.45, 2.75) is 6.92 Å². The molecule has 0 radical (unpaired) electrons. The molecule has 0 aliphatic carbocycles. The third-order valence-electron chi connectivity index (χ3n) is 1.95. The molecule has 1 N–H and O–H groups in total. The van der Waals surface area contributed by atoms with Crippen LogP contribution >= 0.6 is 0 Å². The molecule has 0 aliphatic rings. The molecule has 90 valence electrons. The molecular weight excluding hydrogens is 219 g/mol. The first-order valence-electron chi connectivity index (χ1n) is 5.28. The van der Waals surface area contributed by atoms with E-state index in [9.17, 15) is 4.39 Å². The molecule has 0 heterocycles. The average Bonchev–Trinajstić information content (AvgIpc) is 2.27. The van der Waals surface area contributed by atoms with Crippen molar-refractivity contribution in [2.24, 2.45) is 0 Å². The Hall–Kier alpha value is -1.86. The molecule has 1 aromatic carbocycles. The second-order valence-corrected chi connectivity index (χ2v) is 3.78. The van der Waals surface area contributed by atoms with E-state index in [1.54, 1.807) is 6.07 Å². The zero-order chi connectivity index (χ0) is 12.7. The Morgan fingerprint density at radius 2 is 2.29 bits per heavy atom. The van der Waals surface area contributed by atoms with E-state index in [4.69, 9.17) is 10.00 Å². The van der Waals surface area contributed by atoms with Crippen LogP contribution in [0.2, 0.25) is 0 Å².